The molecule has 0 bridgehead atoms. The Morgan fingerprint density at radius 3 is 2.00 bits per heavy atom. The lowest BCUT2D eigenvalue weighted by atomic mass is 10.0. The van der Waals surface area contributed by atoms with Gasteiger partial charge >= 0.3 is 18.3 Å². The minimum Gasteiger partial charge on any atom is -0.320 e. The van der Waals surface area contributed by atoms with Gasteiger partial charge in [-0.15, -0.1) is 0 Å². The number of nitrogens with one attached hydrogen (secondary N) is 1. The van der Waals surface area contributed by atoms with Crippen LogP contribution in [0.15, 0.2) is 12.1 Å². The molecule has 0 fully saturated rings. The van der Waals surface area contributed by atoms with Crippen molar-refractivity contribution in [1.29, 1.82) is 0 Å². The fourth-order valence-electron chi connectivity index (χ4n) is 1.67. The molecule has 18 heavy (non-hydrogen) atoms. The highest BCUT2D eigenvalue weighted by atomic mass is 19.3. The van der Waals surface area contributed by atoms with Crippen molar-refractivity contribution >= 4 is 11.6 Å². The second kappa shape index (κ2) is 4.96. The fraction of sp³-hybridized carbons (Fsp3) is 0.417. The van der Waals surface area contributed by atoms with Gasteiger partial charge in [-0.2, -0.15) is 8.78 Å². The first-order chi connectivity index (χ1) is 8.16. The first-order valence-electron chi connectivity index (χ1n) is 5.21. The molecule has 0 atom stereocenters. The summed E-state index contributed by atoms with van der Waals surface area (Å²) in [5.41, 5.74) is 2.13. The van der Waals surface area contributed by atoms with Crippen LogP contribution in [0.4, 0.5) is 23.2 Å². The Hall–Kier alpha value is -1.59. The average molecular weight is 263 g/mol. The molecule has 0 aliphatic rings. The first-order valence-corrected chi connectivity index (χ1v) is 5.21. The van der Waals surface area contributed by atoms with Gasteiger partial charge in [0.1, 0.15) is 0 Å². The molecule has 6 heteroatoms. The standard InChI is InChI=1S/C12H13F4NO/c1-6-4-7(2)9(8(3)5-6)17-11(18)12(15,16)10(13)14/h4-5,10H,1-3H3,(H,17,18). The molecule has 0 aromatic heterocycles. The lowest BCUT2D eigenvalue weighted by Crippen LogP contribution is -2.41. The van der Waals surface area contributed by atoms with Crippen molar-refractivity contribution in [3.05, 3.63) is 28.8 Å². The number of halogens is 4. The lowest BCUT2D eigenvalue weighted by Gasteiger charge is -2.17. The minimum atomic E-state index is -4.69. The zero-order chi connectivity index (χ0) is 14.1. The lowest BCUT2D eigenvalue weighted by molar-refractivity contribution is -0.163. The van der Waals surface area contributed by atoms with E-state index in [9.17, 15) is 22.4 Å². The van der Waals surface area contributed by atoms with E-state index in [1.807, 2.05) is 5.32 Å². The van der Waals surface area contributed by atoms with E-state index in [0.29, 0.717) is 11.1 Å². The van der Waals surface area contributed by atoms with Gasteiger partial charge in [-0.05, 0) is 31.9 Å². The molecule has 0 radical (unpaired) electrons. The van der Waals surface area contributed by atoms with Crippen molar-refractivity contribution in [3.63, 3.8) is 0 Å². The second-order valence-electron chi connectivity index (χ2n) is 4.15. The highest BCUT2D eigenvalue weighted by Crippen LogP contribution is 2.27. The van der Waals surface area contributed by atoms with Crippen LogP contribution in [0.1, 0.15) is 16.7 Å². The van der Waals surface area contributed by atoms with Crippen LogP contribution in [0.2, 0.25) is 0 Å². The van der Waals surface area contributed by atoms with Crippen molar-refractivity contribution in [2.24, 2.45) is 0 Å². The maximum atomic E-state index is 12.8. The smallest absolute Gasteiger partial charge is 0.320 e. The number of alkyl halides is 4. The Bertz CT molecular complexity index is 448. The molecular formula is C12H13F4NO. The number of amides is 1. The summed E-state index contributed by atoms with van der Waals surface area (Å²) in [7, 11) is 0. The first kappa shape index (κ1) is 14.5. The molecule has 0 unspecified atom stereocenters. The van der Waals surface area contributed by atoms with E-state index in [-0.39, 0.29) is 5.69 Å². The Kier molecular flexibility index (Phi) is 3.98. The summed E-state index contributed by atoms with van der Waals surface area (Å²) in [5, 5.41) is 1.86. The Morgan fingerprint density at radius 2 is 1.61 bits per heavy atom. The fourth-order valence-corrected chi connectivity index (χ4v) is 1.67. The predicted octanol–water partition coefficient (Wildman–Crippen LogP) is 3.45. The van der Waals surface area contributed by atoms with Crippen LogP contribution in [0, 0.1) is 20.8 Å². The molecule has 2 nitrogen and oxygen atoms in total. The highest BCUT2D eigenvalue weighted by Gasteiger charge is 2.49. The third-order valence-electron chi connectivity index (χ3n) is 2.49. The highest BCUT2D eigenvalue weighted by molar-refractivity contribution is 5.97. The van der Waals surface area contributed by atoms with Crippen molar-refractivity contribution in [2.75, 3.05) is 5.32 Å². The van der Waals surface area contributed by atoms with Gasteiger partial charge in [-0.1, -0.05) is 17.7 Å². The van der Waals surface area contributed by atoms with E-state index in [1.54, 1.807) is 32.9 Å². The van der Waals surface area contributed by atoms with Crippen LogP contribution in [-0.4, -0.2) is 18.3 Å². The molecule has 0 saturated heterocycles. The molecule has 1 amide bonds. The van der Waals surface area contributed by atoms with Gasteiger partial charge in [0.15, 0.2) is 0 Å². The van der Waals surface area contributed by atoms with E-state index >= 15 is 0 Å². The molecule has 1 aromatic carbocycles. The summed E-state index contributed by atoms with van der Waals surface area (Å²) >= 11 is 0. The molecule has 100 valence electrons. The molecule has 0 aliphatic carbocycles. The van der Waals surface area contributed by atoms with Crippen molar-refractivity contribution in [3.8, 4) is 0 Å². The van der Waals surface area contributed by atoms with Crippen LogP contribution in [0.5, 0.6) is 0 Å². The summed E-state index contributed by atoms with van der Waals surface area (Å²) in [6.07, 6.45) is -4.02. The zero-order valence-corrected chi connectivity index (χ0v) is 10.2. The molecule has 1 rings (SSSR count). The van der Waals surface area contributed by atoms with Gasteiger partial charge in [0.25, 0.3) is 0 Å². The number of aryl methyl sites for hydroxylation is 3. The van der Waals surface area contributed by atoms with Crippen LogP contribution < -0.4 is 5.32 Å². The Labute approximate surface area is 102 Å². The van der Waals surface area contributed by atoms with Gasteiger partial charge in [-0.25, -0.2) is 8.78 Å². The van der Waals surface area contributed by atoms with Gasteiger partial charge in [-0.3, -0.25) is 4.79 Å². The maximum absolute atomic E-state index is 12.8. The number of carbonyl (C=O) groups excluding carboxylic acids is 1. The predicted molar refractivity (Wildman–Crippen MR) is 60.2 cm³/mol. The third kappa shape index (κ3) is 2.80. The quantitative estimate of drug-likeness (QED) is 0.831. The minimum absolute atomic E-state index is 0.144. The second-order valence-corrected chi connectivity index (χ2v) is 4.15. The van der Waals surface area contributed by atoms with E-state index in [1.165, 1.54) is 0 Å². The molecule has 0 spiro atoms. The number of anilines is 1. The monoisotopic (exact) mass is 263 g/mol. The number of benzene rings is 1. The van der Waals surface area contributed by atoms with E-state index < -0.39 is 18.3 Å². The van der Waals surface area contributed by atoms with Crippen molar-refractivity contribution in [1.82, 2.24) is 0 Å². The van der Waals surface area contributed by atoms with Gasteiger partial charge in [0, 0.05) is 5.69 Å². The summed E-state index contributed by atoms with van der Waals surface area (Å²) in [6, 6.07) is 3.34. The molecule has 0 heterocycles. The molecule has 1 aromatic rings. The Balaban J connectivity index is 3.03. The SMILES string of the molecule is Cc1cc(C)c(NC(=O)C(F)(F)C(F)F)c(C)c1. The van der Waals surface area contributed by atoms with E-state index in [2.05, 4.69) is 0 Å². The number of hydrogen-bond acceptors (Lipinski definition) is 1. The van der Waals surface area contributed by atoms with Gasteiger partial charge in [0.2, 0.25) is 0 Å². The average Bonchev–Trinajstić information content (AvgIpc) is 2.22. The van der Waals surface area contributed by atoms with Crippen molar-refractivity contribution < 1.29 is 22.4 Å². The van der Waals surface area contributed by atoms with Crippen molar-refractivity contribution in [2.45, 2.75) is 33.1 Å². The zero-order valence-electron chi connectivity index (χ0n) is 10.2. The van der Waals surface area contributed by atoms with Gasteiger partial charge in [0.05, 0.1) is 0 Å². The topological polar surface area (TPSA) is 29.1 Å². The van der Waals surface area contributed by atoms with Crippen LogP contribution >= 0.6 is 0 Å². The summed E-state index contributed by atoms with van der Waals surface area (Å²) in [4.78, 5) is 11.1. The third-order valence-corrected chi connectivity index (χ3v) is 2.49. The van der Waals surface area contributed by atoms with Crippen LogP contribution in [0.3, 0.4) is 0 Å². The van der Waals surface area contributed by atoms with E-state index in [4.69, 9.17) is 0 Å². The molecule has 0 saturated carbocycles. The molecular weight excluding hydrogens is 250 g/mol. The summed E-state index contributed by atoms with van der Waals surface area (Å²) in [6.45, 7) is 5.02. The largest absolute Gasteiger partial charge is 0.383 e. The normalized spacial score (nSPS) is 11.8. The van der Waals surface area contributed by atoms with Crippen LogP contribution in [0.25, 0.3) is 0 Å². The maximum Gasteiger partial charge on any atom is 0.383 e. The number of carbonyl (C=O) groups is 1. The number of rotatable bonds is 3. The van der Waals surface area contributed by atoms with Gasteiger partial charge < -0.3 is 5.32 Å². The molecule has 1 N–H and O–H groups in total. The van der Waals surface area contributed by atoms with Crippen LogP contribution in [-0.2, 0) is 4.79 Å². The summed E-state index contributed by atoms with van der Waals surface area (Å²) < 4.78 is 49.7. The number of hydrogen-bond donors (Lipinski definition) is 1. The van der Waals surface area contributed by atoms with E-state index in [0.717, 1.165) is 5.56 Å². The molecule has 0 aliphatic heterocycles. The summed E-state index contributed by atoms with van der Waals surface area (Å²) in [5.74, 6) is -6.68. The Morgan fingerprint density at radius 1 is 1.17 bits per heavy atom.